The fraction of sp³-hybridized carbons (Fsp3) is 1.00. The lowest BCUT2D eigenvalue weighted by molar-refractivity contribution is 0.0404. The molecule has 0 N–H and O–H groups in total. The van der Waals surface area contributed by atoms with Gasteiger partial charge in [-0.2, -0.15) is 0 Å². The predicted octanol–water partition coefficient (Wildman–Crippen LogP) is 2.58. The van der Waals surface area contributed by atoms with Crippen LogP contribution in [0.2, 0.25) is 0 Å². The van der Waals surface area contributed by atoms with Gasteiger partial charge in [-0.3, -0.25) is 0 Å². The molecular weight excluding hydrogens is 204 g/mol. The molecule has 1 saturated carbocycles. The van der Waals surface area contributed by atoms with Gasteiger partial charge in [-0.05, 0) is 38.0 Å². The van der Waals surface area contributed by atoms with Crippen LogP contribution in [0.15, 0.2) is 0 Å². The van der Waals surface area contributed by atoms with Gasteiger partial charge in [0.15, 0.2) is 0 Å². The monoisotopic (exact) mass is 218 g/mol. The lowest BCUT2D eigenvalue weighted by atomic mass is 10.1. The van der Waals surface area contributed by atoms with E-state index in [4.69, 9.17) is 4.74 Å². The van der Waals surface area contributed by atoms with Gasteiger partial charge >= 0.3 is 0 Å². The third kappa shape index (κ3) is 1.62. The van der Waals surface area contributed by atoms with Crippen LogP contribution in [-0.4, -0.2) is 17.5 Å². The summed E-state index contributed by atoms with van der Waals surface area (Å²) in [5.41, 5.74) is 0. The van der Waals surface area contributed by atoms with Crippen molar-refractivity contribution in [2.45, 2.75) is 38.4 Å². The number of rotatable bonds is 2. The summed E-state index contributed by atoms with van der Waals surface area (Å²) >= 11 is 3.52. The maximum Gasteiger partial charge on any atom is 0.0610 e. The highest BCUT2D eigenvalue weighted by molar-refractivity contribution is 9.09. The van der Waals surface area contributed by atoms with Gasteiger partial charge in [0.2, 0.25) is 0 Å². The summed E-state index contributed by atoms with van der Waals surface area (Å²) in [4.78, 5) is 0. The van der Waals surface area contributed by atoms with Gasteiger partial charge < -0.3 is 4.74 Å². The SMILES string of the molecule is CC1CCC(C2CC2CBr)O1. The molecule has 1 nitrogen and oxygen atoms in total. The molecular formula is C9H15BrO. The first kappa shape index (κ1) is 8.06. The van der Waals surface area contributed by atoms with Gasteiger partial charge in [-0.25, -0.2) is 0 Å². The van der Waals surface area contributed by atoms with Crippen molar-refractivity contribution in [3.63, 3.8) is 0 Å². The Bertz CT molecular complexity index is 148. The first-order valence-corrected chi connectivity index (χ1v) is 5.65. The average molecular weight is 219 g/mol. The Morgan fingerprint density at radius 1 is 1.45 bits per heavy atom. The van der Waals surface area contributed by atoms with Crippen molar-refractivity contribution in [2.24, 2.45) is 11.8 Å². The van der Waals surface area contributed by atoms with Gasteiger partial charge in [-0.15, -0.1) is 0 Å². The molecule has 1 aliphatic carbocycles. The van der Waals surface area contributed by atoms with Crippen LogP contribution in [0.5, 0.6) is 0 Å². The summed E-state index contributed by atoms with van der Waals surface area (Å²) in [6, 6.07) is 0. The first-order chi connectivity index (χ1) is 5.31. The smallest absolute Gasteiger partial charge is 0.0610 e. The van der Waals surface area contributed by atoms with Crippen LogP contribution in [0.1, 0.15) is 26.2 Å². The Morgan fingerprint density at radius 3 is 2.73 bits per heavy atom. The second-order valence-corrected chi connectivity index (χ2v) is 4.52. The summed E-state index contributed by atoms with van der Waals surface area (Å²) in [5, 5.41) is 1.17. The van der Waals surface area contributed by atoms with E-state index in [1.54, 1.807) is 0 Å². The van der Waals surface area contributed by atoms with E-state index in [-0.39, 0.29) is 0 Å². The molecule has 4 unspecified atom stereocenters. The maximum atomic E-state index is 5.80. The van der Waals surface area contributed by atoms with Crippen molar-refractivity contribution in [3.8, 4) is 0 Å². The summed E-state index contributed by atoms with van der Waals surface area (Å²) in [6.45, 7) is 2.19. The van der Waals surface area contributed by atoms with E-state index in [1.807, 2.05) is 0 Å². The molecule has 0 bridgehead atoms. The summed E-state index contributed by atoms with van der Waals surface area (Å²) < 4.78 is 5.80. The molecule has 1 aliphatic heterocycles. The number of hydrogen-bond donors (Lipinski definition) is 0. The zero-order valence-electron chi connectivity index (χ0n) is 6.92. The number of hydrogen-bond acceptors (Lipinski definition) is 1. The Balaban J connectivity index is 1.80. The summed E-state index contributed by atoms with van der Waals surface area (Å²) in [7, 11) is 0. The molecule has 0 radical (unpaired) electrons. The van der Waals surface area contributed by atoms with E-state index in [0.29, 0.717) is 12.2 Å². The average Bonchev–Trinajstić information content (AvgIpc) is 2.68. The van der Waals surface area contributed by atoms with Crippen LogP contribution in [0.25, 0.3) is 0 Å². The van der Waals surface area contributed by atoms with E-state index in [0.717, 1.165) is 11.8 Å². The minimum atomic E-state index is 0.525. The highest BCUT2D eigenvalue weighted by Crippen LogP contribution is 2.46. The lowest BCUT2D eigenvalue weighted by Gasteiger charge is -2.09. The molecule has 0 aromatic rings. The van der Waals surface area contributed by atoms with Crippen molar-refractivity contribution in [1.29, 1.82) is 0 Å². The fourth-order valence-corrected chi connectivity index (χ4v) is 2.80. The quantitative estimate of drug-likeness (QED) is 0.648. The third-order valence-electron chi connectivity index (χ3n) is 2.92. The van der Waals surface area contributed by atoms with Crippen LogP contribution in [0.4, 0.5) is 0 Å². The molecule has 0 aromatic heterocycles. The Labute approximate surface area is 76.6 Å². The van der Waals surface area contributed by atoms with E-state index in [9.17, 15) is 0 Å². The largest absolute Gasteiger partial charge is 0.375 e. The molecule has 1 saturated heterocycles. The Kier molecular flexibility index (Phi) is 2.24. The molecule has 2 rings (SSSR count). The highest BCUT2D eigenvalue weighted by atomic mass is 79.9. The third-order valence-corrected chi connectivity index (χ3v) is 3.75. The van der Waals surface area contributed by atoms with E-state index >= 15 is 0 Å². The highest BCUT2D eigenvalue weighted by Gasteiger charge is 2.44. The minimum absolute atomic E-state index is 0.525. The molecule has 0 amide bonds. The molecule has 0 aromatic carbocycles. The Hall–Kier alpha value is 0.440. The van der Waals surface area contributed by atoms with Gasteiger partial charge in [0.25, 0.3) is 0 Å². The number of alkyl halides is 1. The summed E-state index contributed by atoms with van der Waals surface area (Å²) in [5.74, 6) is 1.81. The van der Waals surface area contributed by atoms with E-state index in [1.165, 1.54) is 24.6 Å². The van der Waals surface area contributed by atoms with Crippen molar-refractivity contribution >= 4 is 15.9 Å². The molecule has 64 valence electrons. The number of halogens is 1. The van der Waals surface area contributed by atoms with Gasteiger partial charge in [0.1, 0.15) is 0 Å². The maximum absolute atomic E-state index is 5.80. The van der Waals surface area contributed by atoms with Crippen molar-refractivity contribution < 1.29 is 4.74 Å². The fourth-order valence-electron chi connectivity index (χ4n) is 2.05. The molecule has 11 heavy (non-hydrogen) atoms. The van der Waals surface area contributed by atoms with Crippen LogP contribution in [0, 0.1) is 11.8 Å². The Morgan fingerprint density at radius 2 is 2.27 bits per heavy atom. The first-order valence-electron chi connectivity index (χ1n) is 4.52. The molecule has 2 aliphatic rings. The second-order valence-electron chi connectivity index (χ2n) is 3.88. The van der Waals surface area contributed by atoms with Crippen LogP contribution in [-0.2, 0) is 4.74 Å². The van der Waals surface area contributed by atoms with E-state index in [2.05, 4.69) is 22.9 Å². The topological polar surface area (TPSA) is 9.23 Å². The lowest BCUT2D eigenvalue weighted by Crippen LogP contribution is -2.11. The number of ether oxygens (including phenoxy) is 1. The zero-order chi connectivity index (χ0) is 7.84. The molecule has 2 fully saturated rings. The molecule has 4 atom stereocenters. The van der Waals surface area contributed by atoms with Crippen LogP contribution < -0.4 is 0 Å². The molecule has 2 heteroatoms. The van der Waals surface area contributed by atoms with Crippen molar-refractivity contribution in [3.05, 3.63) is 0 Å². The normalized spacial score (nSPS) is 49.6. The molecule has 1 heterocycles. The molecule has 0 spiro atoms. The van der Waals surface area contributed by atoms with Gasteiger partial charge in [0.05, 0.1) is 12.2 Å². The zero-order valence-corrected chi connectivity index (χ0v) is 8.51. The van der Waals surface area contributed by atoms with Crippen molar-refractivity contribution in [1.82, 2.24) is 0 Å². The van der Waals surface area contributed by atoms with Gasteiger partial charge in [-0.1, -0.05) is 15.9 Å². The van der Waals surface area contributed by atoms with Gasteiger partial charge in [0, 0.05) is 5.33 Å². The second kappa shape index (κ2) is 3.06. The summed E-state index contributed by atoms with van der Waals surface area (Å²) in [6.07, 6.45) is 5.10. The minimum Gasteiger partial charge on any atom is -0.375 e. The standard InChI is InChI=1S/C9H15BrO/c1-6-2-3-9(11-6)8-4-7(8)5-10/h6-9H,2-5H2,1H3. The van der Waals surface area contributed by atoms with Crippen LogP contribution in [0.3, 0.4) is 0 Å². The predicted molar refractivity (Wildman–Crippen MR) is 49.0 cm³/mol. The van der Waals surface area contributed by atoms with Crippen LogP contribution >= 0.6 is 15.9 Å². The van der Waals surface area contributed by atoms with E-state index < -0.39 is 0 Å². The van der Waals surface area contributed by atoms with Crippen molar-refractivity contribution in [2.75, 3.05) is 5.33 Å².